The van der Waals surface area contributed by atoms with Gasteiger partial charge in [0, 0.05) is 27.4 Å². The van der Waals surface area contributed by atoms with Crippen LogP contribution in [0.2, 0.25) is 0 Å². The maximum absolute atomic E-state index is 16.1. The largest absolute Gasteiger partial charge is 0.420 e. The van der Waals surface area contributed by atoms with Crippen LogP contribution in [-0.4, -0.2) is 9.13 Å². The Kier molecular flexibility index (Phi) is 6.46. The van der Waals surface area contributed by atoms with Crippen LogP contribution in [0.4, 0.5) is 13.2 Å². The molecule has 6 heteroatoms. The molecule has 2 aromatic heterocycles. The van der Waals surface area contributed by atoms with E-state index in [0.29, 0.717) is 27.7 Å². The van der Waals surface area contributed by atoms with E-state index in [1.165, 1.54) is 0 Å². The molecule has 0 aliphatic heterocycles. The van der Waals surface area contributed by atoms with E-state index in [1.54, 1.807) is 41.0 Å². The highest BCUT2D eigenvalue weighted by atomic mass is 19.4. The summed E-state index contributed by atoms with van der Waals surface area (Å²) in [5, 5.41) is 12.5. The van der Waals surface area contributed by atoms with E-state index in [2.05, 4.69) is 25.1 Å². The van der Waals surface area contributed by atoms with Gasteiger partial charge in [0.15, 0.2) is 0 Å². The van der Waals surface area contributed by atoms with Crippen LogP contribution >= 0.6 is 0 Å². The molecule has 8 rings (SSSR count). The van der Waals surface area contributed by atoms with Crippen LogP contribution in [0, 0.1) is 31.1 Å². The van der Waals surface area contributed by atoms with Gasteiger partial charge in [-0.3, -0.25) is 0 Å². The van der Waals surface area contributed by atoms with Gasteiger partial charge in [-0.05, 0) is 91.9 Å². The Bertz CT molecular complexity index is 2480. The topological polar surface area (TPSA) is 33.6 Å². The molecule has 0 bridgehead atoms. The van der Waals surface area contributed by atoms with Gasteiger partial charge in [-0.15, -0.1) is 0 Å². The van der Waals surface area contributed by atoms with Crippen LogP contribution < -0.4 is 0 Å². The van der Waals surface area contributed by atoms with E-state index in [-0.39, 0.29) is 17.3 Å². The van der Waals surface area contributed by atoms with Crippen LogP contribution in [0.15, 0.2) is 103 Å². The summed E-state index contributed by atoms with van der Waals surface area (Å²) in [6, 6.07) is 31.9. The number of hydrogen-bond donors (Lipinski definition) is 0. The number of alkyl halides is 3. The zero-order valence-corrected chi connectivity index (χ0v) is 26.2. The average molecular weight is 622 g/mol. The van der Waals surface area contributed by atoms with E-state index in [1.807, 2.05) is 79.1 Å². The van der Waals surface area contributed by atoms with E-state index < -0.39 is 11.7 Å². The molecule has 0 radical (unpaired) electrons. The summed E-state index contributed by atoms with van der Waals surface area (Å²) in [7, 11) is 0. The monoisotopic (exact) mass is 621 g/mol. The quantitative estimate of drug-likeness (QED) is 0.193. The first-order valence-electron chi connectivity index (χ1n) is 15.7. The van der Waals surface area contributed by atoms with Crippen molar-refractivity contribution in [2.24, 2.45) is 5.92 Å². The fraction of sp³-hybridized carbons (Fsp3) is 0.146. The van der Waals surface area contributed by atoms with Crippen molar-refractivity contribution >= 4 is 38.8 Å². The van der Waals surface area contributed by atoms with Crippen molar-refractivity contribution < 1.29 is 13.2 Å². The van der Waals surface area contributed by atoms with Gasteiger partial charge in [-0.2, -0.15) is 18.4 Å². The lowest BCUT2D eigenvalue weighted by molar-refractivity contribution is -0.137. The second-order valence-corrected chi connectivity index (χ2v) is 12.7. The van der Waals surface area contributed by atoms with Crippen molar-refractivity contribution in [1.29, 1.82) is 5.26 Å². The second kappa shape index (κ2) is 10.5. The summed E-state index contributed by atoms with van der Waals surface area (Å²) in [5.74, 6) is 0.253. The van der Waals surface area contributed by atoms with Crippen molar-refractivity contribution in [3.8, 4) is 28.6 Å². The van der Waals surface area contributed by atoms with Crippen molar-refractivity contribution in [3.63, 3.8) is 0 Å². The number of nitriles is 1. The molecule has 0 fully saturated rings. The fourth-order valence-electron chi connectivity index (χ4n) is 7.38. The van der Waals surface area contributed by atoms with Gasteiger partial charge in [-0.1, -0.05) is 72.7 Å². The Morgan fingerprint density at radius 2 is 1.45 bits per heavy atom. The molecule has 1 atom stereocenters. The number of hydrogen-bond acceptors (Lipinski definition) is 1. The molecule has 1 aliphatic rings. The first-order valence-corrected chi connectivity index (χ1v) is 15.7. The third-order valence-corrected chi connectivity index (χ3v) is 9.41. The lowest BCUT2D eigenvalue weighted by Crippen LogP contribution is -2.18. The highest BCUT2D eigenvalue weighted by Crippen LogP contribution is 2.48. The molecule has 3 nitrogen and oxygen atoms in total. The molecule has 0 N–H and O–H groups in total. The molecule has 0 amide bonds. The van der Waals surface area contributed by atoms with Crippen molar-refractivity contribution in [3.05, 3.63) is 137 Å². The SMILES string of the molecule is Cc1ccc2c(c1)c1c(n2-c2c(-c3cccc(C#N)c3)ccc(-n3c4ccccc4c4cc(C)ccc43)c2C(F)(F)F)C=CC(C)C1. The van der Waals surface area contributed by atoms with Crippen LogP contribution in [0.25, 0.3) is 61.3 Å². The summed E-state index contributed by atoms with van der Waals surface area (Å²) in [4.78, 5) is 0. The van der Waals surface area contributed by atoms with E-state index >= 15 is 13.2 Å². The van der Waals surface area contributed by atoms with Crippen molar-refractivity contribution in [2.45, 2.75) is 33.4 Å². The van der Waals surface area contributed by atoms with E-state index in [9.17, 15) is 5.26 Å². The minimum Gasteiger partial charge on any atom is -0.309 e. The molecule has 0 spiro atoms. The Labute approximate surface area is 270 Å². The minimum absolute atomic E-state index is 0.0532. The summed E-state index contributed by atoms with van der Waals surface area (Å²) in [6.45, 7) is 6.13. The number of nitrogens with zero attached hydrogens (tertiary/aromatic N) is 3. The second-order valence-electron chi connectivity index (χ2n) is 12.7. The molecule has 1 aliphatic carbocycles. The lowest BCUT2D eigenvalue weighted by Gasteiger charge is -2.25. The number of para-hydroxylation sites is 1. The first kappa shape index (κ1) is 28.9. The van der Waals surface area contributed by atoms with Gasteiger partial charge in [0.25, 0.3) is 0 Å². The number of rotatable bonds is 3. The standard InChI is InChI=1S/C41H30F3N3/c1-24-11-15-35-31(19-24)30-9-4-5-10-34(30)46(35)38-18-14-29(28-8-6-7-27(22-28)23-45)40(39(38)41(42,43)44)47-36-16-12-25(2)20-32(36)33-21-26(3)13-17-37(33)47/h4-20,22,26H,21H2,1-3H3. The number of aromatic nitrogens is 2. The Balaban J connectivity index is 1.59. The third kappa shape index (κ3) is 4.49. The molecule has 0 saturated heterocycles. The predicted octanol–water partition coefficient (Wildman–Crippen LogP) is 11.1. The first-order chi connectivity index (χ1) is 22.6. The fourth-order valence-corrected chi connectivity index (χ4v) is 7.38. The van der Waals surface area contributed by atoms with Crippen LogP contribution in [0.3, 0.4) is 0 Å². The maximum atomic E-state index is 16.1. The molecule has 7 aromatic rings. The number of benzene rings is 5. The zero-order chi connectivity index (χ0) is 32.6. The summed E-state index contributed by atoms with van der Waals surface area (Å²) in [6.07, 6.45) is 0.0401. The van der Waals surface area contributed by atoms with Gasteiger partial charge in [0.2, 0.25) is 0 Å². The molecule has 5 aromatic carbocycles. The highest BCUT2D eigenvalue weighted by molar-refractivity contribution is 6.10. The Morgan fingerprint density at radius 1 is 0.745 bits per heavy atom. The van der Waals surface area contributed by atoms with E-state index in [0.717, 1.165) is 50.5 Å². The summed E-state index contributed by atoms with van der Waals surface area (Å²) < 4.78 is 51.7. The third-order valence-electron chi connectivity index (χ3n) is 9.41. The Morgan fingerprint density at radius 3 is 2.19 bits per heavy atom. The number of halogens is 3. The average Bonchev–Trinajstić information content (AvgIpc) is 3.55. The normalized spacial score (nSPS) is 14.6. The zero-order valence-electron chi connectivity index (χ0n) is 26.2. The molecule has 230 valence electrons. The van der Waals surface area contributed by atoms with Gasteiger partial charge in [0.05, 0.1) is 39.6 Å². The number of allylic oxidation sites excluding steroid dienone is 1. The molecule has 2 heterocycles. The molecular formula is C41H30F3N3. The molecular weight excluding hydrogens is 591 g/mol. The number of aryl methyl sites for hydroxylation is 2. The lowest BCUT2D eigenvalue weighted by atomic mass is 9.92. The minimum atomic E-state index is -4.74. The van der Waals surface area contributed by atoms with Crippen molar-refractivity contribution in [2.75, 3.05) is 0 Å². The Hall–Kier alpha value is -5.54. The highest BCUT2D eigenvalue weighted by Gasteiger charge is 2.41. The van der Waals surface area contributed by atoms with Gasteiger partial charge < -0.3 is 9.13 Å². The molecule has 1 unspecified atom stereocenters. The van der Waals surface area contributed by atoms with Crippen molar-refractivity contribution in [1.82, 2.24) is 9.13 Å². The van der Waals surface area contributed by atoms with Crippen LogP contribution in [0.5, 0.6) is 0 Å². The maximum Gasteiger partial charge on any atom is 0.420 e. The van der Waals surface area contributed by atoms with Gasteiger partial charge >= 0.3 is 6.18 Å². The molecule has 0 saturated carbocycles. The summed E-state index contributed by atoms with van der Waals surface area (Å²) >= 11 is 0. The smallest absolute Gasteiger partial charge is 0.309 e. The van der Waals surface area contributed by atoms with Crippen LogP contribution in [0.1, 0.15) is 40.4 Å². The number of fused-ring (bicyclic) bond motifs is 6. The molecule has 47 heavy (non-hydrogen) atoms. The van der Waals surface area contributed by atoms with Gasteiger partial charge in [0.1, 0.15) is 5.56 Å². The van der Waals surface area contributed by atoms with Crippen LogP contribution in [-0.2, 0) is 12.6 Å². The predicted molar refractivity (Wildman–Crippen MR) is 184 cm³/mol. The van der Waals surface area contributed by atoms with Gasteiger partial charge in [-0.25, -0.2) is 0 Å². The van der Waals surface area contributed by atoms with E-state index in [4.69, 9.17) is 0 Å². The summed E-state index contributed by atoms with van der Waals surface area (Å²) in [5.41, 5.74) is 6.71.